The van der Waals surface area contributed by atoms with E-state index >= 15 is 0 Å². The number of aromatic nitrogens is 4. The average molecular weight is 351 g/mol. The fraction of sp³-hybridized carbons (Fsp3) is 0.286. The molecule has 0 saturated carbocycles. The lowest BCUT2D eigenvalue weighted by molar-refractivity contribution is 0.735. The van der Waals surface area contributed by atoms with Gasteiger partial charge in [0.1, 0.15) is 5.52 Å². The van der Waals surface area contributed by atoms with E-state index in [9.17, 15) is 0 Å². The second-order valence-corrected chi connectivity index (χ2v) is 6.06. The first-order chi connectivity index (χ1) is 9.61. The zero-order valence-corrected chi connectivity index (χ0v) is 13.8. The summed E-state index contributed by atoms with van der Waals surface area (Å²) in [7, 11) is 1.96. The van der Waals surface area contributed by atoms with Crippen molar-refractivity contribution >= 4 is 39.3 Å². The van der Waals surface area contributed by atoms with Crippen LogP contribution in [-0.2, 0) is 13.5 Å². The average Bonchev–Trinajstić information content (AvgIpc) is 2.90. The van der Waals surface area contributed by atoms with Crippen LogP contribution in [0.4, 0.5) is 0 Å². The molecule has 1 aromatic carbocycles. The van der Waals surface area contributed by atoms with Gasteiger partial charge in [0.05, 0.1) is 5.69 Å². The molecule has 104 valence electrons. The Bertz CT molecular complexity index is 810. The van der Waals surface area contributed by atoms with Crippen LogP contribution in [0, 0.1) is 4.77 Å². The number of halogens is 1. The molecule has 6 heteroatoms. The minimum absolute atomic E-state index is 0.702. The van der Waals surface area contributed by atoms with Crippen LogP contribution in [0.15, 0.2) is 28.7 Å². The predicted octanol–water partition coefficient (Wildman–Crippen LogP) is 4.14. The molecule has 0 amide bonds. The van der Waals surface area contributed by atoms with Gasteiger partial charge in [0.25, 0.3) is 0 Å². The summed E-state index contributed by atoms with van der Waals surface area (Å²) in [5, 5.41) is 4.59. The van der Waals surface area contributed by atoms with Crippen LogP contribution in [0.2, 0.25) is 0 Å². The van der Waals surface area contributed by atoms with Crippen LogP contribution in [0.3, 0.4) is 0 Å². The number of nitrogens with zero attached hydrogens (tertiary/aromatic N) is 3. The Morgan fingerprint density at radius 3 is 2.65 bits per heavy atom. The third kappa shape index (κ3) is 2.13. The molecule has 0 aliphatic heterocycles. The second-order valence-electron chi connectivity index (χ2n) is 4.76. The van der Waals surface area contributed by atoms with Gasteiger partial charge in [0.2, 0.25) is 0 Å². The summed E-state index contributed by atoms with van der Waals surface area (Å²) < 4.78 is 5.68. The minimum atomic E-state index is 0.702. The van der Waals surface area contributed by atoms with Crippen molar-refractivity contribution < 1.29 is 0 Å². The lowest BCUT2D eigenvalue weighted by Gasteiger charge is -2.04. The maximum atomic E-state index is 5.48. The lowest BCUT2D eigenvalue weighted by atomic mass is 10.2. The third-order valence-electron chi connectivity index (χ3n) is 3.31. The maximum Gasteiger partial charge on any atom is 0.184 e. The molecule has 0 bridgehead atoms. The van der Waals surface area contributed by atoms with Crippen LogP contribution in [-0.4, -0.2) is 19.3 Å². The molecule has 20 heavy (non-hydrogen) atoms. The van der Waals surface area contributed by atoms with E-state index < -0.39 is 0 Å². The number of H-pyrrole nitrogens is 1. The molecule has 0 atom stereocenters. The van der Waals surface area contributed by atoms with Crippen molar-refractivity contribution in [3.05, 3.63) is 39.2 Å². The van der Waals surface area contributed by atoms with E-state index in [-0.39, 0.29) is 0 Å². The summed E-state index contributed by atoms with van der Waals surface area (Å²) in [6.45, 7) is 2.15. The smallest absolute Gasteiger partial charge is 0.184 e. The topological polar surface area (TPSA) is 38.5 Å². The Balaban J connectivity index is 2.28. The van der Waals surface area contributed by atoms with Crippen LogP contribution >= 0.6 is 28.1 Å². The van der Waals surface area contributed by atoms with Gasteiger partial charge in [-0.15, -0.1) is 0 Å². The van der Waals surface area contributed by atoms with Crippen molar-refractivity contribution in [1.82, 2.24) is 19.3 Å². The van der Waals surface area contributed by atoms with Gasteiger partial charge in [-0.05, 0) is 42.9 Å². The molecular formula is C14H15BrN4S. The normalized spacial score (nSPS) is 11.3. The van der Waals surface area contributed by atoms with Crippen LogP contribution < -0.4 is 0 Å². The number of aromatic amines is 1. The molecule has 0 radical (unpaired) electrons. The first kappa shape index (κ1) is 13.6. The highest BCUT2D eigenvalue weighted by molar-refractivity contribution is 9.10. The van der Waals surface area contributed by atoms with Crippen LogP contribution in [0.5, 0.6) is 0 Å². The third-order valence-corrected chi connectivity index (χ3v) is 4.12. The number of fused-ring (bicyclic) bond motifs is 1. The molecule has 1 N–H and O–H groups in total. The first-order valence-electron chi connectivity index (χ1n) is 6.54. The molecule has 0 saturated heterocycles. The van der Waals surface area contributed by atoms with Gasteiger partial charge >= 0.3 is 0 Å². The Morgan fingerprint density at radius 1 is 1.30 bits per heavy atom. The largest absolute Gasteiger partial charge is 0.327 e. The molecule has 0 spiro atoms. The van der Waals surface area contributed by atoms with E-state index in [1.54, 1.807) is 0 Å². The highest BCUT2D eigenvalue weighted by Crippen LogP contribution is 2.23. The Labute approximate surface area is 130 Å². The quantitative estimate of drug-likeness (QED) is 0.721. The lowest BCUT2D eigenvalue weighted by Crippen LogP contribution is -2.00. The fourth-order valence-corrected chi connectivity index (χ4v) is 3.01. The number of nitrogens with one attached hydrogen (secondary N) is 1. The summed E-state index contributed by atoms with van der Waals surface area (Å²) in [4.78, 5) is 3.30. The van der Waals surface area contributed by atoms with E-state index in [1.807, 2.05) is 40.6 Å². The Hall–Kier alpha value is -1.40. The van der Waals surface area contributed by atoms with E-state index in [0.29, 0.717) is 4.77 Å². The molecule has 0 aliphatic rings. The van der Waals surface area contributed by atoms with Gasteiger partial charge in [-0.3, -0.25) is 4.57 Å². The molecule has 0 unspecified atom stereocenters. The monoisotopic (exact) mass is 350 g/mol. The number of aryl methyl sites for hydroxylation is 2. The highest BCUT2D eigenvalue weighted by atomic mass is 79.9. The van der Waals surface area contributed by atoms with Crippen molar-refractivity contribution in [1.29, 1.82) is 0 Å². The molecule has 0 aliphatic carbocycles. The van der Waals surface area contributed by atoms with Crippen LogP contribution in [0.25, 0.3) is 16.9 Å². The van der Waals surface area contributed by atoms with Crippen molar-refractivity contribution in [3.63, 3.8) is 0 Å². The van der Waals surface area contributed by atoms with Crippen molar-refractivity contribution in [3.8, 4) is 5.69 Å². The van der Waals surface area contributed by atoms with E-state index in [4.69, 9.17) is 12.2 Å². The van der Waals surface area contributed by atoms with Gasteiger partial charge in [-0.25, -0.2) is 4.68 Å². The summed E-state index contributed by atoms with van der Waals surface area (Å²) in [5.74, 6) is 0. The van der Waals surface area contributed by atoms with Gasteiger partial charge in [0, 0.05) is 17.2 Å². The molecule has 4 nitrogen and oxygen atoms in total. The van der Waals surface area contributed by atoms with E-state index in [0.717, 1.165) is 39.9 Å². The standard InChI is InChI=1S/C14H15BrN4S/c1-3-4-11-12-13(18(2)17-11)19(14(20)16-12)10-7-5-9(15)6-8-10/h5-8H,3-4H2,1-2H3,(H,16,20). The minimum Gasteiger partial charge on any atom is -0.327 e. The Kier molecular flexibility index (Phi) is 3.52. The zero-order chi connectivity index (χ0) is 14.3. The molecule has 3 aromatic rings. The highest BCUT2D eigenvalue weighted by Gasteiger charge is 2.15. The number of rotatable bonds is 3. The predicted molar refractivity (Wildman–Crippen MR) is 86.9 cm³/mol. The van der Waals surface area contributed by atoms with E-state index in [2.05, 4.69) is 32.9 Å². The summed E-state index contributed by atoms with van der Waals surface area (Å²) in [6, 6.07) is 8.11. The number of benzene rings is 1. The number of imidazole rings is 1. The SMILES string of the molecule is CCCc1nn(C)c2c1[nH]c(=S)n2-c1ccc(Br)cc1. The second kappa shape index (κ2) is 5.18. The Morgan fingerprint density at radius 2 is 2.00 bits per heavy atom. The summed E-state index contributed by atoms with van der Waals surface area (Å²) >= 11 is 8.93. The summed E-state index contributed by atoms with van der Waals surface area (Å²) in [6.07, 6.45) is 2.02. The molecular weight excluding hydrogens is 336 g/mol. The molecule has 2 aromatic heterocycles. The molecule has 2 heterocycles. The number of hydrogen-bond acceptors (Lipinski definition) is 2. The van der Waals surface area contributed by atoms with Gasteiger partial charge < -0.3 is 4.98 Å². The van der Waals surface area contributed by atoms with Gasteiger partial charge in [-0.2, -0.15) is 5.10 Å². The number of hydrogen-bond donors (Lipinski definition) is 1. The molecule has 3 rings (SSSR count). The van der Waals surface area contributed by atoms with Crippen molar-refractivity contribution in [2.75, 3.05) is 0 Å². The zero-order valence-electron chi connectivity index (χ0n) is 11.4. The van der Waals surface area contributed by atoms with E-state index in [1.165, 1.54) is 0 Å². The van der Waals surface area contributed by atoms with Crippen molar-refractivity contribution in [2.45, 2.75) is 19.8 Å². The fourth-order valence-electron chi connectivity index (χ4n) is 2.45. The summed E-state index contributed by atoms with van der Waals surface area (Å²) in [5.41, 5.74) is 4.17. The molecule has 0 fully saturated rings. The van der Waals surface area contributed by atoms with Gasteiger partial charge in [0.15, 0.2) is 10.4 Å². The van der Waals surface area contributed by atoms with Gasteiger partial charge in [-0.1, -0.05) is 29.3 Å². The maximum absolute atomic E-state index is 5.48. The van der Waals surface area contributed by atoms with Crippen LogP contribution in [0.1, 0.15) is 19.0 Å². The van der Waals surface area contributed by atoms with Crippen molar-refractivity contribution in [2.24, 2.45) is 7.05 Å². The first-order valence-corrected chi connectivity index (χ1v) is 7.74.